The lowest BCUT2D eigenvalue weighted by Crippen LogP contribution is -2.34. The van der Waals surface area contributed by atoms with Crippen molar-refractivity contribution in [3.05, 3.63) is 62.5 Å². The van der Waals surface area contributed by atoms with Crippen LogP contribution in [-0.4, -0.2) is 22.2 Å². The average molecular weight is 326 g/mol. The Morgan fingerprint density at radius 3 is 2.67 bits per heavy atom. The third-order valence-electron chi connectivity index (χ3n) is 2.81. The van der Waals surface area contributed by atoms with Gasteiger partial charge in [0.15, 0.2) is 0 Å². The Bertz CT molecular complexity index is 686. The molecule has 0 saturated carbocycles. The molecule has 0 aliphatic carbocycles. The summed E-state index contributed by atoms with van der Waals surface area (Å²) in [6, 6.07) is 9.78. The number of aromatic nitrogens is 2. The number of rotatable bonds is 5. The van der Waals surface area contributed by atoms with Gasteiger partial charge in [-0.2, -0.15) is 5.10 Å². The molecular weight excluding hydrogens is 313 g/mol. The van der Waals surface area contributed by atoms with Crippen molar-refractivity contribution in [1.29, 1.82) is 0 Å². The Kier molecular flexibility index (Phi) is 5.36. The van der Waals surface area contributed by atoms with Crippen LogP contribution in [0.4, 0.5) is 0 Å². The molecular formula is C14H13Cl2N3O2. The van der Waals surface area contributed by atoms with E-state index in [0.29, 0.717) is 6.54 Å². The number of amides is 1. The standard InChI is InChI=1S/C14H13Cl2N3O2/c15-11-8-18-19(14(21)13(11)16)9-12(20)17-7-6-10-4-2-1-3-5-10/h1-5,8H,6-7,9H2,(H,17,20). The van der Waals surface area contributed by atoms with Gasteiger partial charge in [0.25, 0.3) is 5.56 Å². The van der Waals surface area contributed by atoms with Crippen molar-refractivity contribution in [2.75, 3.05) is 6.54 Å². The van der Waals surface area contributed by atoms with Gasteiger partial charge in [0.1, 0.15) is 11.6 Å². The lowest BCUT2D eigenvalue weighted by molar-refractivity contribution is -0.121. The quantitative estimate of drug-likeness (QED) is 0.913. The monoisotopic (exact) mass is 325 g/mol. The summed E-state index contributed by atoms with van der Waals surface area (Å²) in [5.74, 6) is -0.307. The zero-order valence-electron chi connectivity index (χ0n) is 11.1. The van der Waals surface area contributed by atoms with Crippen LogP contribution >= 0.6 is 23.2 Å². The maximum absolute atomic E-state index is 11.8. The molecule has 110 valence electrons. The van der Waals surface area contributed by atoms with E-state index in [0.717, 1.165) is 16.7 Å². The molecule has 1 aromatic carbocycles. The van der Waals surface area contributed by atoms with Crippen LogP contribution in [0.15, 0.2) is 41.3 Å². The van der Waals surface area contributed by atoms with Crippen molar-refractivity contribution >= 4 is 29.1 Å². The number of hydrogen-bond acceptors (Lipinski definition) is 3. The van der Waals surface area contributed by atoms with E-state index in [9.17, 15) is 9.59 Å². The minimum Gasteiger partial charge on any atom is -0.354 e. The van der Waals surface area contributed by atoms with Gasteiger partial charge in [-0.1, -0.05) is 53.5 Å². The van der Waals surface area contributed by atoms with E-state index in [1.165, 1.54) is 6.20 Å². The normalized spacial score (nSPS) is 10.4. The molecule has 0 bridgehead atoms. The zero-order chi connectivity index (χ0) is 15.2. The maximum Gasteiger partial charge on any atom is 0.287 e. The maximum atomic E-state index is 11.8. The summed E-state index contributed by atoms with van der Waals surface area (Å²) >= 11 is 11.4. The number of halogens is 2. The average Bonchev–Trinajstić information content (AvgIpc) is 2.49. The van der Waals surface area contributed by atoms with Crippen LogP contribution in [-0.2, 0) is 17.8 Å². The van der Waals surface area contributed by atoms with E-state index in [-0.39, 0.29) is 22.5 Å². The number of carbonyl (C=O) groups excluding carboxylic acids is 1. The predicted octanol–water partition coefficient (Wildman–Crippen LogP) is 1.91. The van der Waals surface area contributed by atoms with E-state index >= 15 is 0 Å². The smallest absolute Gasteiger partial charge is 0.287 e. The molecule has 0 atom stereocenters. The van der Waals surface area contributed by atoms with E-state index in [1.54, 1.807) is 0 Å². The highest BCUT2D eigenvalue weighted by molar-refractivity contribution is 6.41. The fourth-order valence-electron chi connectivity index (χ4n) is 1.74. The minimum absolute atomic E-state index is 0.0717. The van der Waals surface area contributed by atoms with Gasteiger partial charge in [0.05, 0.1) is 11.2 Å². The molecule has 0 aliphatic heterocycles. The molecule has 0 fully saturated rings. The van der Waals surface area contributed by atoms with Crippen LogP contribution in [0.1, 0.15) is 5.56 Å². The third-order valence-corrected chi connectivity index (χ3v) is 3.56. The summed E-state index contributed by atoms with van der Waals surface area (Å²) < 4.78 is 0.978. The van der Waals surface area contributed by atoms with Crippen molar-refractivity contribution in [3.8, 4) is 0 Å². The molecule has 0 spiro atoms. The molecule has 1 heterocycles. The SMILES string of the molecule is O=C(Cn1ncc(Cl)c(Cl)c1=O)NCCc1ccccc1. The summed E-state index contributed by atoms with van der Waals surface area (Å²) in [5.41, 5.74) is 0.546. The number of nitrogens with zero attached hydrogens (tertiary/aromatic N) is 2. The molecule has 1 N–H and O–H groups in total. The summed E-state index contributed by atoms with van der Waals surface area (Å²) in [4.78, 5) is 23.5. The topological polar surface area (TPSA) is 64.0 Å². The molecule has 21 heavy (non-hydrogen) atoms. The van der Waals surface area contributed by atoms with E-state index < -0.39 is 5.56 Å². The second-order valence-electron chi connectivity index (χ2n) is 4.35. The van der Waals surface area contributed by atoms with Crippen LogP contribution in [0, 0.1) is 0 Å². The Morgan fingerprint density at radius 2 is 1.95 bits per heavy atom. The first-order chi connectivity index (χ1) is 10.1. The van der Waals surface area contributed by atoms with Gasteiger partial charge in [-0.25, -0.2) is 4.68 Å². The van der Waals surface area contributed by atoms with Crippen LogP contribution < -0.4 is 10.9 Å². The second-order valence-corrected chi connectivity index (χ2v) is 5.14. The van der Waals surface area contributed by atoms with Crippen molar-refractivity contribution in [1.82, 2.24) is 15.1 Å². The molecule has 2 rings (SSSR count). The second kappa shape index (κ2) is 7.24. The van der Waals surface area contributed by atoms with Crippen LogP contribution in [0.25, 0.3) is 0 Å². The summed E-state index contributed by atoms with van der Waals surface area (Å²) in [7, 11) is 0. The number of hydrogen-bond donors (Lipinski definition) is 1. The zero-order valence-corrected chi connectivity index (χ0v) is 12.6. The highest BCUT2D eigenvalue weighted by Gasteiger charge is 2.10. The predicted molar refractivity (Wildman–Crippen MR) is 81.7 cm³/mol. The van der Waals surface area contributed by atoms with Gasteiger partial charge in [-0.3, -0.25) is 9.59 Å². The van der Waals surface area contributed by atoms with Gasteiger partial charge in [-0.05, 0) is 12.0 Å². The fraction of sp³-hybridized carbons (Fsp3) is 0.214. The molecule has 0 radical (unpaired) electrons. The minimum atomic E-state index is -0.581. The van der Waals surface area contributed by atoms with Crippen molar-refractivity contribution in [3.63, 3.8) is 0 Å². The largest absolute Gasteiger partial charge is 0.354 e. The van der Waals surface area contributed by atoms with Crippen LogP contribution in [0.2, 0.25) is 10.0 Å². The highest BCUT2D eigenvalue weighted by atomic mass is 35.5. The first-order valence-electron chi connectivity index (χ1n) is 6.29. The Balaban J connectivity index is 1.88. The molecule has 0 unspecified atom stereocenters. The van der Waals surface area contributed by atoms with Gasteiger partial charge >= 0.3 is 0 Å². The van der Waals surface area contributed by atoms with Crippen LogP contribution in [0.3, 0.4) is 0 Å². The summed E-state index contributed by atoms with van der Waals surface area (Å²) in [6.07, 6.45) is 1.96. The lowest BCUT2D eigenvalue weighted by Gasteiger charge is -2.07. The van der Waals surface area contributed by atoms with E-state index in [2.05, 4.69) is 10.4 Å². The van der Waals surface area contributed by atoms with Gasteiger partial charge in [0.2, 0.25) is 5.91 Å². The van der Waals surface area contributed by atoms with Gasteiger partial charge < -0.3 is 5.32 Å². The van der Waals surface area contributed by atoms with Crippen molar-refractivity contribution in [2.45, 2.75) is 13.0 Å². The fourth-order valence-corrected chi connectivity index (χ4v) is 2.01. The number of benzene rings is 1. The molecule has 1 amide bonds. The van der Waals surface area contributed by atoms with Crippen molar-refractivity contribution < 1.29 is 4.79 Å². The summed E-state index contributed by atoms with van der Waals surface area (Å²) in [5, 5.41) is 6.43. The first-order valence-corrected chi connectivity index (χ1v) is 7.05. The van der Waals surface area contributed by atoms with Crippen LogP contribution in [0.5, 0.6) is 0 Å². The Hall–Kier alpha value is -1.85. The molecule has 7 heteroatoms. The first kappa shape index (κ1) is 15.5. The highest BCUT2D eigenvalue weighted by Crippen LogP contribution is 2.14. The van der Waals surface area contributed by atoms with Gasteiger partial charge in [0, 0.05) is 6.54 Å². The molecule has 0 saturated heterocycles. The molecule has 5 nitrogen and oxygen atoms in total. The lowest BCUT2D eigenvalue weighted by atomic mass is 10.1. The van der Waals surface area contributed by atoms with Gasteiger partial charge in [-0.15, -0.1) is 0 Å². The Labute approximate surface area is 131 Å². The number of carbonyl (C=O) groups is 1. The Morgan fingerprint density at radius 1 is 1.24 bits per heavy atom. The molecule has 1 aromatic heterocycles. The van der Waals surface area contributed by atoms with Crippen molar-refractivity contribution in [2.24, 2.45) is 0 Å². The number of nitrogens with one attached hydrogen (secondary N) is 1. The molecule has 2 aromatic rings. The third kappa shape index (κ3) is 4.31. The van der Waals surface area contributed by atoms with E-state index in [4.69, 9.17) is 23.2 Å². The summed E-state index contributed by atoms with van der Waals surface area (Å²) in [6.45, 7) is 0.295. The van der Waals surface area contributed by atoms with E-state index in [1.807, 2.05) is 30.3 Å². The molecule has 0 aliphatic rings.